The number of nitrogens with one attached hydrogen (secondary N) is 1. The summed E-state index contributed by atoms with van der Waals surface area (Å²) in [6.07, 6.45) is 1.66. The van der Waals surface area contributed by atoms with E-state index in [2.05, 4.69) is 5.32 Å². The van der Waals surface area contributed by atoms with Crippen LogP contribution in [0.25, 0.3) is 0 Å². The van der Waals surface area contributed by atoms with Gasteiger partial charge >= 0.3 is 0 Å². The number of hydrogen-bond acceptors (Lipinski definition) is 2. The molecule has 0 spiro atoms. The van der Waals surface area contributed by atoms with Gasteiger partial charge in [0.2, 0.25) is 5.91 Å². The van der Waals surface area contributed by atoms with Gasteiger partial charge in [0.15, 0.2) is 0 Å². The molecule has 1 aromatic rings. The molecule has 20 heavy (non-hydrogen) atoms. The lowest BCUT2D eigenvalue weighted by atomic mass is 10.0. The van der Waals surface area contributed by atoms with E-state index in [9.17, 15) is 9.59 Å². The molecule has 0 atom stereocenters. The Kier molecular flexibility index (Phi) is 4.42. The second-order valence-electron chi connectivity index (χ2n) is 5.57. The van der Waals surface area contributed by atoms with E-state index in [0.717, 1.165) is 42.6 Å². The summed E-state index contributed by atoms with van der Waals surface area (Å²) in [5.41, 5.74) is 2.90. The summed E-state index contributed by atoms with van der Waals surface area (Å²) >= 11 is 0. The molecule has 108 valence electrons. The number of nitrogens with zero attached hydrogens (tertiary/aromatic N) is 1. The van der Waals surface area contributed by atoms with Gasteiger partial charge in [0.1, 0.15) is 0 Å². The third kappa shape index (κ3) is 3.38. The Bertz CT molecular complexity index is 517. The first-order valence-corrected chi connectivity index (χ1v) is 7.11. The molecule has 1 aliphatic heterocycles. The van der Waals surface area contributed by atoms with Gasteiger partial charge in [-0.1, -0.05) is 17.7 Å². The minimum absolute atomic E-state index is 0.0104. The summed E-state index contributed by atoms with van der Waals surface area (Å²) in [5.74, 6) is 0.105. The van der Waals surface area contributed by atoms with E-state index in [4.69, 9.17) is 0 Å². The highest BCUT2D eigenvalue weighted by molar-refractivity contribution is 5.95. The van der Waals surface area contributed by atoms with Crippen LogP contribution in [0.1, 0.15) is 41.3 Å². The molecule has 0 aliphatic carbocycles. The van der Waals surface area contributed by atoms with Crippen LogP contribution in [0.4, 0.5) is 0 Å². The summed E-state index contributed by atoms with van der Waals surface area (Å²) in [6, 6.07) is 6.02. The molecule has 2 amide bonds. The highest BCUT2D eigenvalue weighted by Crippen LogP contribution is 2.14. The first-order chi connectivity index (χ1) is 9.47. The van der Waals surface area contributed by atoms with Crippen LogP contribution < -0.4 is 5.32 Å². The maximum Gasteiger partial charge on any atom is 0.251 e. The second kappa shape index (κ2) is 6.07. The summed E-state index contributed by atoms with van der Waals surface area (Å²) in [6.45, 7) is 7.03. The fourth-order valence-corrected chi connectivity index (χ4v) is 2.67. The fourth-order valence-electron chi connectivity index (χ4n) is 2.67. The molecule has 1 fully saturated rings. The number of aryl methyl sites for hydroxylation is 2. The van der Waals surface area contributed by atoms with E-state index in [0.29, 0.717) is 0 Å². The maximum absolute atomic E-state index is 12.3. The van der Waals surface area contributed by atoms with Crippen LogP contribution in [0.15, 0.2) is 18.2 Å². The molecule has 0 radical (unpaired) electrons. The summed E-state index contributed by atoms with van der Waals surface area (Å²) < 4.78 is 0. The van der Waals surface area contributed by atoms with Crippen molar-refractivity contribution in [3.05, 3.63) is 34.9 Å². The minimum Gasteiger partial charge on any atom is -0.349 e. The van der Waals surface area contributed by atoms with Crippen LogP contribution in [0.5, 0.6) is 0 Å². The van der Waals surface area contributed by atoms with Gasteiger partial charge in [0.25, 0.3) is 5.91 Å². The molecule has 4 nitrogen and oxygen atoms in total. The normalized spacial score (nSPS) is 16.1. The van der Waals surface area contributed by atoms with Gasteiger partial charge < -0.3 is 10.2 Å². The van der Waals surface area contributed by atoms with Crippen molar-refractivity contribution in [1.82, 2.24) is 10.2 Å². The zero-order valence-corrected chi connectivity index (χ0v) is 12.4. The first kappa shape index (κ1) is 14.6. The molecule has 2 rings (SSSR count). The predicted octanol–water partition coefficient (Wildman–Crippen LogP) is 2.04. The Morgan fingerprint density at radius 2 is 1.85 bits per heavy atom. The predicted molar refractivity (Wildman–Crippen MR) is 78.7 cm³/mol. The number of carbonyl (C=O) groups is 2. The molecule has 1 aromatic carbocycles. The Balaban J connectivity index is 1.94. The number of likely N-dealkylation sites (tertiary alicyclic amines) is 1. The Morgan fingerprint density at radius 3 is 2.40 bits per heavy atom. The lowest BCUT2D eigenvalue weighted by Crippen LogP contribution is -2.46. The third-order valence-corrected chi connectivity index (χ3v) is 3.90. The second-order valence-corrected chi connectivity index (χ2v) is 5.57. The van der Waals surface area contributed by atoms with Crippen molar-refractivity contribution >= 4 is 11.8 Å². The molecular weight excluding hydrogens is 252 g/mol. The molecule has 0 bridgehead atoms. The molecule has 1 heterocycles. The number of piperidine rings is 1. The minimum atomic E-state index is -0.0104. The van der Waals surface area contributed by atoms with Gasteiger partial charge in [-0.25, -0.2) is 0 Å². The van der Waals surface area contributed by atoms with Crippen LogP contribution >= 0.6 is 0 Å². The molecule has 0 aromatic heterocycles. The summed E-state index contributed by atoms with van der Waals surface area (Å²) in [4.78, 5) is 25.4. The average Bonchev–Trinajstić information content (AvgIpc) is 2.39. The monoisotopic (exact) mass is 274 g/mol. The van der Waals surface area contributed by atoms with E-state index in [1.807, 2.05) is 36.9 Å². The quantitative estimate of drug-likeness (QED) is 0.897. The van der Waals surface area contributed by atoms with Crippen molar-refractivity contribution in [2.45, 2.75) is 39.7 Å². The smallest absolute Gasteiger partial charge is 0.251 e. The van der Waals surface area contributed by atoms with E-state index in [1.165, 1.54) is 0 Å². The average molecular weight is 274 g/mol. The number of rotatable bonds is 2. The molecule has 1 aliphatic rings. The molecule has 1 N–H and O–H groups in total. The SMILES string of the molecule is CC(=O)N1CCC(NC(=O)c2ccc(C)cc2C)CC1. The van der Waals surface area contributed by atoms with Gasteiger partial charge in [-0.05, 0) is 38.3 Å². The summed E-state index contributed by atoms with van der Waals surface area (Å²) in [7, 11) is 0. The molecule has 0 saturated carbocycles. The van der Waals surface area contributed by atoms with E-state index >= 15 is 0 Å². The van der Waals surface area contributed by atoms with Crippen LogP contribution in [-0.4, -0.2) is 35.8 Å². The van der Waals surface area contributed by atoms with Gasteiger partial charge in [-0.3, -0.25) is 9.59 Å². The van der Waals surface area contributed by atoms with Crippen LogP contribution in [0, 0.1) is 13.8 Å². The lowest BCUT2D eigenvalue weighted by Gasteiger charge is -2.31. The van der Waals surface area contributed by atoms with Crippen LogP contribution in [0.2, 0.25) is 0 Å². The zero-order chi connectivity index (χ0) is 14.7. The molecular formula is C16H22N2O2. The largest absolute Gasteiger partial charge is 0.349 e. The molecule has 1 saturated heterocycles. The maximum atomic E-state index is 12.3. The Hall–Kier alpha value is -1.84. The van der Waals surface area contributed by atoms with Gasteiger partial charge in [0, 0.05) is 31.6 Å². The lowest BCUT2D eigenvalue weighted by molar-refractivity contribution is -0.129. The number of hydrogen-bond donors (Lipinski definition) is 1. The fraction of sp³-hybridized carbons (Fsp3) is 0.500. The van der Waals surface area contributed by atoms with Gasteiger partial charge in [-0.15, -0.1) is 0 Å². The van der Waals surface area contributed by atoms with Crippen molar-refractivity contribution in [3.63, 3.8) is 0 Å². The highest BCUT2D eigenvalue weighted by atomic mass is 16.2. The highest BCUT2D eigenvalue weighted by Gasteiger charge is 2.22. The van der Waals surface area contributed by atoms with Crippen molar-refractivity contribution in [2.75, 3.05) is 13.1 Å². The van der Waals surface area contributed by atoms with E-state index in [-0.39, 0.29) is 17.9 Å². The van der Waals surface area contributed by atoms with Crippen molar-refractivity contribution in [2.24, 2.45) is 0 Å². The molecule has 4 heteroatoms. The number of amides is 2. The van der Waals surface area contributed by atoms with Gasteiger partial charge in [-0.2, -0.15) is 0 Å². The topological polar surface area (TPSA) is 49.4 Å². The molecule has 0 unspecified atom stereocenters. The van der Waals surface area contributed by atoms with Crippen molar-refractivity contribution in [1.29, 1.82) is 0 Å². The van der Waals surface area contributed by atoms with E-state index in [1.54, 1.807) is 6.92 Å². The Labute approximate surface area is 120 Å². The summed E-state index contributed by atoms with van der Waals surface area (Å²) in [5, 5.41) is 3.08. The number of benzene rings is 1. The number of carbonyl (C=O) groups excluding carboxylic acids is 2. The van der Waals surface area contributed by atoms with Gasteiger partial charge in [0.05, 0.1) is 0 Å². The van der Waals surface area contributed by atoms with Crippen molar-refractivity contribution < 1.29 is 9.59 Å². The third-order valence-electron chi connectivity index (χ3n) is 3.90. The Morgan fingerprint density at radius 1 is 1.20 bits per heavy atom. The van der Waals surface area contributed by atoms with Crippen molar-refractivity contribution in [3.8, 4) is 0 Å². The van der Waals surface area contributed by atoms with Crippen LogP contribution in [0.3, 0.4) is 0 Å². The first-order valence-electron chi connectivity index (χ1n) is 7.11. The van der Waals surface area contributed by atoms with E-state index < -0.39 is 0 Å². The van der Waals surface area contributed by atoms with Crippen LogP contribution in [-0.2, 0) is 4.79 Å². The zero-order valence-electron chi connectivity index (χ0n) is 12.4. The standard InChI is InChI=1S/C16H22N2O2/c1-11-4-5-15(12(2)10-11)16(20)17-14-6-8-18(9-7-14)13(3)19/h4-5,10,14H,6-9H2,1-3H3,(H,17,20).